The van der Waals surface area contributed by atoms with E-state index in [-0.39, 0.29) is 5.91 Å². The van der Waals surface area contributed by atoms with Crippen molar-refractivity contribution in [1.29, 1.82) is 0 Å². The summed E-state index contributed by atoms with van der Waals surface area (Å²) in [5.74, 6) is 0.173. The van der Waals surface area contributed by atoms with Crippen LogP contribution in [0.3, 0.4) is 0 Å². The molecule has 0 unspecified atom stereocenters. The Labute approximate surface area is 133 Å². The highest BCUT2D eigenvalue weighted by molar-refractivity contribution is 6.08. The molecule has 0 atom stereocenters. The molecule has 6 nitrogen and oxygen atoms in total. The van der Waals surface area contributed by atoms with Gasteiger partial charge < -0.3 is 10.6 Å². The first-order valence-electron chi connectivity index (χ1n) is 7.10. The van der Waals surface area contributed by atoms with E-state index in [0.717, 1.165) is 10.9 Å². The normalized spacial score (nSPS) is 10.3. The Morgan fingerprint density at radius 2 is 1.91 bits per heavy atom. The third-order valence-electron chi connectivity index (χ3n) is 3.20. The minimum Gasteiger partial charge on any atom is -0.351 e. The number of amides is 1. The number of nitrogens with one attached hydrogen (secondary N) is 2. The van der Waals surface area contributed by atoms with Crippen LogP contribution in [0.2, 0.25) is 0 Å². The molecule has 3 rings (SSSR count). The Balaban J connectivity index is 1.79. The van der Waals surface area contributed by atoms with E-state index in [1.54, 1.807) is 12.3 Å². The smallest absolute Gasteiger partial charge is 0.258 e. The number of pyridine rings is 1. The number of nitrogens with zero attached hydrogens (tertiary/aromatic N) is 3. The number of fused-ring (bicyclic) bond motifs is 1. The van der Waals surface area contributed by atoms with Gasteiger partial charge in [0, 0.05) is 30.5 Å². The number of carbonyl (C=O) groups excluding carboxylic acids is 1. The SMILES string of the molecule is C=CCNc1ncc(C(=O)Nc2cccc3cccnc23)cn1. The lowest BCUT2D eigenvalue weighted by Gasteiger charge is -2.08. The lowest BCUT2D eigenvalue weighted by molar-refractivity contribution is 0.102. The number of aromatic nitrogens is 3. The molecule has 2 heterocycles. The quantitative estimate of drug-likeness (QED) is 0.709. The molecule has 3 aromatic rings. The molecule has 0 saturated heterocycles. The standard InChI is InChI=1S/C17H15N5O/c1-2-8-19-17-20-10-13(11-21-17)16(23)22-14-7-3-5-12-6-4-9-18-15(12)14/h2-7,9-11H,1,8H2,(H,22,23)(H,19,20,21). The Kier molecular flexibility index (Phi) is 4.24. The van der Waals surface area contributed by atoms with Crippen molar-refractivity contribution in [3.8, 4) is 0 Å². The Bertz CT molecular complexity index is 840. The average molecular weight is 305 g/mol. The maximum atomic E-state index is 12.3. The second kappa shape index (κ2) is 6.65. The van der Waals surface area contributed by atoms with Crippen LogP contribution in [0, 0.1) is 0 Å². The lowest BCUT2D eigenvalue weighted by Crippen LogP contribution is -2.14. The lowest BCUT2D eigenvalue weighted by atomic mass is 10.2. The third kappa shape index (κ3) is 3.32. The largest absolute Gasteiger partial charge is 0.351 e. The zero-order valence-electron chi connectivity index (χ0n) is 12.4. The monoisotopic (exact) mass is 305 g/mol. The number of hydrogen-bond acceptors (Lipinski definition) is 5. The van der Waals surface area contributed by atoms with Gasteiger partial charge in [-0.05, 0) is 12.1 Å². The molecule has 0 aliphatic rings. The van der Waals surface area contributed by atoms with E-state index in [1.165, 1.54) is 12.4 Å². The zero-order chi connectivity index (χ0) is 16.1. The summed E-state index contributed by atoms with van der Waals surface area (Å²) in [5.41, 5.74) is 1.78. The number of carbonyl (C=O) groups is 1. The fourth-order valence-electron chi connectivity index (χ4n) is 2.10. The van der Waals surface area contributed by atoms with Crippen LogP contribution in [0.15, 0.2) is 61.6 Å². The molecule has 1 aromatic carbocycles. The van der Waals surface area contributed by atoms with Crippen LogP contribution in [-0.4, -0.2) is 27.4 Å². The fraction of sp³-hybridized carbons (Fsp3) is 0.0588. The molecule has 6 heteroatoms. The predicted molar refractivity (Wildman–Crippen MR) is 90.4 cm³/mol. The van der Waals surface area contributed by atoms with Crippen LogP contribution < -0.4 is 10.6 Å². The molecule has 0 radical (unpaired) electrons. The highest BCUT2D eigenvalue weighted by atomic mass is 16.1. The molecule has 0 bridgehead atoms. The number of rotatable bonds is 5. The molecule has 0 fully saturated rings. The van der Waals surface area contributed by atoms with Gasteiger partial charge in [-0.25, -0.2) is 9.97 Å². The average Bonchev–Trinajstić information content (AvgIpc) is 2.60. The highest BCUT2D eigenvalue weighted by Crippen LogP contribution is 2.21. The van der Waals surface area contributed by atoms with Crippen molar-refractivity contribution in [2.24, 2.45) is 0 Å². The molecular weight excluding hydrogens is 290 g/mol. The van der Waals surface area contributed by atoms with Gasteiger partial charge in [0.05, 0.1) is 16.8 Å². The summed E-state index contributed by atoms with van der Waals surface area (Å²) < 4.78 is 0. The van der Waals surface area contributed by atoms with Gasteiger partial charge in [-0.15, -0.1) is 6.58 Å². The molecule has 2 N–H and O–H groups in total. The summed E-state index contributed by atoms with van der Waals surface area (Å²) in [6.07, 6.45) is 6.36. The van der Waals surface area contributed by atoms with Crippen LogP contribution in [0.1, 0.15) is 10.4 Å². The van der Waals surface area contributed by atoms with Crippen LogP contribution >= 0.6 is 0 Å². The van der Waals surface area contributed by atoms with Crippen LogP contribution in [-0.2, 0) is 0 Å². The first-order valence-corrected chi connectivity index (χ1v) is 7.10. The van der Waals surface area contributed by atoms with Crippen LogP contribution in [0.4, 0.5) is 11.6 Å². The Morgan fingerprint density at radius 1 is 1.13 bits per heavy atom. The Morgan fingerprint density at radius 3 is 2.70 bits per heavy atom. The second-order valence-corrected chi connectivity index (χ2v) is 4.80. The van der Waals surface area contributed by atoms with Gasteiger partial charge in [0.25, 0.3) is 5.91 Å². The summed E-state index contributed by atoms with van der Waals surface area (Å²) in [7, 11) is 0. The number of benzene rings is 1. The summed E-state index contributed by atoms with van der Waals surface area (Å²) in [5, 5.41) is 6.76. The minimum absolute atomic E-state index is 0.279. The van der Waals surface area contributed by atoms with Crippen LogP contribution in [0.5, 0.6) is 0 Å². The van der Waals surface area contributed by atoms with E-state index in [9.17, 15) is 4.79 Å². The van der Waals surface area contributed by atoms with Crippen molar-refractivity contribution < 1.29 is 4.79 Å². The van der Waals surface area contributed by atoms with Gasteiger partial charge in [0.15, 0.2) is 0 Å². The molecule has 23 heavy (non-hydrogen) atoms. The van der Waals surface area contributed by atoms with E-state index in [1.807, 2.05) is 30.3 Å². The van der Waals surface area contributed by atoms with Crippen molar-refractivity contribution in [2.45, 2.75) is 0 Å². The number of anilines is 2. The maximum absolute atomic E-state index is 12.3. The van der Waals surface area contributed by atoms with Crippen molar-refractivity contribution in [3.63, 3.8) is 0 Å². The Hall–Kier alpha value is -3.28. The van der Waals surface area contributed by atoms with Crippen molar-refractivity contribution >= 4 is 28.4 Å². The van der Waals surface area contributed by atoms with Gasteiger partial charge in [-0.3, -0.25) is 9.78 Å². The first-order chi connectivity index (χ1) is 11.3. The summed E-state index contributed by atoms with van der Waals surface area (Å²) >= 11 is 0. The van der Waals surface area contributed by atoms with E-state index < -0.39 is 0 Å². The zero-order valence-corrected chi connectivity index (χ0v) is 12.4. The molecule has 1 amide bonds. The first kappa shape index (κ1) is 14.6. The minimum atomic E-state index is -0.279. The van der Waals surface area contributed by atoms with Gasteiger partial charge in [0.2, 0.25) is 5.95 Å². The fourth-order valence-corrected chi connectivity index (χ4v) is 2.10. The molecular formula is C17H15N5O. The van der Waals surface area contributed by atoms with Crippen LogP contribution in [0.25, 0.3) is 10.9 Å². The molecule has 2 aromatic heterocycles. The summed E-state index contributed by atoms with van der Waals surface area (Å²) in [6.45, 7) is 4.17. The summed E-state index contributed by atoms with van der Waals surface area (Å²) in [4.78, 5) is 24.8. The van der Waals surface area contributed by atoms with E-state index >= 15 is 0 Å². The van der Waals surface area contributed by atoms with Gasteiger partial charge >= 0.3 is 0 Å². The van der Waals surface area contributed by atoms with E-state index in [2.05, 4.69) is 32.2 Å². The summed E-state index contributed by atoms with van der Waals surface area (Å²) in [6, 6.07) is 9.44. The van der Waals surface area contributed by atoms with Crippen molar-refractivity contribution in [1.82, 2.24) is 15.0 Å². The van der Waals surface area contributed by atoms with Gasteiger partial charge in [0.1, 0.15) is 0 Å². The second-order valence-electron chi connectivity index (χ2n) is 4.80. The van der Waals surface area contributed by atoms with Gasteiger partial charge in [-0.2, -0.15) is 0 Å². The predicted octanol–water partition coefficient (Wildman–Crippen LogP) is 2.88. The number of para-hydroxylation sites is 1. The van der Waals surface area contributed by atoms with Crippen molar-refractivity contribution in [2.75, 3.05) is 17.2 Å². The van der Waals surface area contributed by atoms with E-state index in [4.69, 9.17) is 0 Å². The molecule has 0 spiro atoms. The maximum Gasteiger partial charge on any atom is 0.258 e. The molecule has 0 saturated carbocycles. The topological polar surface area (TPSA) is 79.8 Å². The molecule has 0 aliphatic carbocycles. The van der Waals surface area contributed by atoms with E-state index in [0.29, 0.717) is 23.7 Å². The third-order valence-corrected chi connectivity index (χ3v) is 3.20. The number of hydrogen-bond donors (Lipinski definition) is 2. The molecule has 0 aliphatic heterocycles. The van der Waals surface area contributed by atoms with Gasteiger partial charge in [-0.1, -0.05) is 24.3 Å². The highest BCUT2D eigenvalue weighted by Gasteiger charge is 2.10. The molecule has 114 valence electrons. The van der Waals surface area contributed by atoms with Crippen molar-refractivity contribution in [3.05, 3.63) is 67.1 Å².